The van der Waals surface area contributed by atoms with E-state index in [2.05, 4.69) is 0 Å². The summed E-state index contributed by atoms with van der Waals surface area (Å²) in [6.07, 6.45) is 1.94. The Labute approximate surface area is 140 Å². The second-order valence-corrected chi connectivity index (χ2v) is 9.34. The van der Waals surface area contributed by atoms with Gasteiger partial charge in [0.1, 0.15) is 0 Å². The molecule has 4 nitrogen and oxygen atoms in total. The first-order chi connectivity index (χ1) is 11.2. The Morgan fingerprint density at radius 3 is 2.33 bits per heavy atom. The summed E-state index contributed by atoms with van der Waals surface area (Å²) in [5.41, 5.74) is 0. The van der Waals surface area contributed by atoms with E-state index in [1.165, 1.54) is 11.8 Å². The summed E-state index contributed by atoms with van der Waals surface area (Å²) in [6.45, 7) is 1.67. The van der Waals surface area contributed by atoms with Crippen LogP contribution in [0.25, 0.3) is 0 Å². The summed E-state index contributed by atoms with van der Waals surface area (Å²) in [5, 5.41) is -5.03. The Hall–Kier alpha value is -1.05. The Morgan fingerprint density at radius 2 is 1.83 bits per heavy atom. The number of sulfone groups is 1. The third-order valence-electron chi connectivity index (χ3n) is 5.90. The van der Waals surface area contributed by atoms with Crippen molar-refractivity contribution >= 4 is 15.7 Å². The number of carbonyl (C=O) groups is 1. The van der Waals surface area contributed by atoms with Crippen molar-refractivity contribution < 1.29 is 26.4 Å². The summed E-state index contributed by atoms with van der Waals surface area (Å²) < 4.78 is 68.6. The number of alkyl halides is 2. The minimum Gasteiger partial charge on any atom is -0.343 e. The van der Waals surface area contributed by atoms with Gasteiger partial charge < -0.3 is 4.90 Å². The number of halogens is 3. The number of hydrogen-bond donors (Lipinski definition) is 0. The summed E-state index contributed by atoms with van der Waals surface area (Å²) >= 11 is 0. The van der Waals surface area contributed by atoms with E-state index in [1.54, 1.807) is 0 Å². The van der Waals surface area contributed by atoms with Gasteiger partial charge in [-0.1, -0.05) is 6.08 Å². The predicted octanol–water partition coefficient (Wildman–Crippen LogP) is 2.90. The molecule has 3 atom stereocenters. The maximum absolute atomic E-state index is 14.8. The fraction of sp³-hybridized carbons (Fsp3) is 0.812. The standard InChI is InChI=1S/C16H22F3NO3S/c1-10(21)20-8-6-11(7-9-20)16(18,19)24(22,23)15-5-4-14(17)12-2-3-13(12)15/h4,11-13,15H,2-3,5-9H2,1H3/t12?,13-,15+/m1/s1. The van der Waals surface area contributed by atoms with Crippen molar-refractivity contribution in [3.8, 4) is 0 Å². The van der Waals surface area contributed by atoms with Gasteiger partial charge in [-0.2, -0.15) is 8.78 Å². The van der Waals surface area contributed by atoms with Crippen LogP contribution in [-0.4, -0.2) is 42.8 Å². The molecule has 1 unspecified atom stereocenters. The number of allylic oxidation sites excluding steroid dienone is 2. The minimum atomic E-state index is -4.70. The van der Waals surface area contributed by atoms with Gasteiger partial charge in [0.25, 0.3) is 0 Å². The van der Waals surface area contributed by atoms with Crippen molar-refractivity contribution in [3.05, 3.63) is 11.9 Å². The number of likely N-dealkylation sites (tertiary alicyclic amines) is 1. The van der Waals surface area contributed by atoms with E-state index in [9.17, 15) is 26.4 Å². The van der Waals surface area contributed by atoms with Gasteiger partial charge in [0, 0.05) is 31.8 Å². The van der Waals surface area contributed by atoms with Crippen LogP contribution in [0.2, 0.25) is 0 Å². The van der Waals surface area contributed by atoms with Crippen LogP contribution >= 0.6 is 0 Å². The first-order valence-corrected chi connectivity index (χ1v) is 9.93. The number of amides is 1. The average Bonchev–Trinajstić information content (AvgIpc) is 2.48. The van der Waals surface area contributed by atoms with Gasteiger partial charge in [0.05, 0.1) is 11.1 Å². The minimum absolute atomic E-state index is 0.0309. The molecular weight excluding hydrogens is 343 g/mol. The summed E-state index contributed by atoms with van der Waals surface area (Å²) in [5.74, 6) is -2.86. The van der Waals surface area contributed by atoms with Gasteiger partial charge in [-0.05, 0) is 38.0 Å². The molecule has 1 saturated carbocycles. The highest BCUT2D eigenvalue weighted by Gasteiger charge is 2.59. The topological polar surface area (TPSA) is 54.5 Å². The monoisotopic (exact) mass is 365 g/mol. The maximum atomic E-state index is 14.8. The van der Waals surface area contributed by atoms with Gasteiger partial charge in [-0.25, -0.2) is 12.8 Å². The molecule has 0 aromatic heterocycles. The number of hydrogen-bond acceptors (Lipinski definition) is 3. The van der Waals surface area contributed by atoms with Gasteiger partial charge in [-0.15, -0.1) is 0 Å². The number of piperidine rings is 1. The van der Waals surface area contributed by atoms with Crippen LogP contribution in [0, 0.1) is 17.8 Å². The van der Waals surface area contributed by atoms with E-state index in [1.807, 2.05) is 0 Å². The lowest BCUT2D eigenvalue weighted by Crippen LogP contribution is -2.53. The van der Waals surface area contributed by atoms with Crippen LogP contribution in [0.4, 0.5) is 13.2 Å². The van der Waals surface area contributed by atoms with Crippen molar-refractivity contribution in [2.75, 3.05) is 13.1 Å². The van der Waals surface area contributed by atoms with E-state index in [0.717, 1.165) is 6.08 Å². The van der Waals surface area contributed by atoms with E-state index >= 15 is 0 Å². The summed E-state index contributed by atoms with van der Waals surface area (Å²) in [7, 11) is -4.70. The lowest BCUT2D eigenvalue weighted by atomic mass is 9.68. The normalized spacial score (nSPS) is 31.9. The largest absolute Gasteiger partial charge is 0.348 e. The predicted molar refractivity (Wildman–Crippen MR) is 82.7 cm³/mol. The van der Waals surface area contributed by atoms with E-state index in [0.29, 0.717) is 12.8 Å². The molecule has 0 bridgehead atoms. The number of carbonyl (C=O) groups excluding carboxylic acids is 1. The fourth-order valence-corrected chi connectivity index (χ4v) is 6.43. The molecule has 8 heteroatoms. The third kappa shape index (κ3) is 2.66. The smallest absolute Gasteiger partial charge is 0.343 e. The lowest BCUT2D eigenvalue weighted by molar-refractivity contribution is -0.131. The molecule has 0 N–H and O–H groups in total. The van der Waals surface area contributed by atoms with Crippen LogP contribution in [0.1, 0.15) is 39.0 Å². The average molecular weight is 365 g/mol. The molecule has 3 rings (SSSR count). The SMILES string of the molecule is CC(=O)N1CCC(C(F)(F)S(=O)(=O)[C@H]2CC=C(F)C3CC[C@H]32)CC1. The molecule has 1 heterocycles. The third-order valence-corrected chi connectivity index (χ3v) is 8.33. The molecule has 0 radical (unpaired) electrons. The van der Waals surface area contributed by atoms with Gasteiger partial charge >= 0.3 is 5.25 Å². The Kier molecular flexibility index (Phi) is 4.47. The lowest BCUT2D eigenvalue weighted by Gasteiger charge is -2.45. The van der Waals surface area contributed by atoms with Crippen LogP contribution in [0.3, 0.4) is 0 Å². The fourth-order valence-electron chi connectivity index (χ4n) is 4.19. The Balaban J connectivity index is 1.77. The zero-order valence-corrected chi connectivity index (χ0v) is 14.4. The van der Waals surface area contributed by atoms with E-state index in [4.69, 9.17) is 0 Å². The molecule has 1 saturated heterocycles. The molecule has 24 heavy (non-hydrogen) atoms. The van der Waals surface area contributed by atoms with Crippen LogP contribution in [0.15, 0.2) is 11.9 Å². The van der Waals surface area contributed by atoms with Crippen molar-refractivity contribution in [1.29, 1.82) is 0 Å². The molecule has 2 aliphatic carbocycles. The number of rotatable bonds is 3. The Bertz CT molecular complexity index is 653. The molecule has 2 fully saturated rings. The first kappa shape index (κ1) is 17.8. The van der Waals surface area contributed by atoms with Crippen molar-refractivity contribution in [3.63, 3.8) is 0 Å². The Morgan fingerprint density at radius 1 is 1.21 bits per heavy atom. The molecule has 0 spiro atoms. The van der Waals surface area contributed by atoms with Crippen molar-refractivity contribution in [2.45, 2.75) is 49.5 Å². The zero-order chi connectivity index (χ0) is 17.7. The summed E-state index contributed by atoms with van der Waals surface area (Å²) in [6, 6.07) is 0. The second kappa shape index (κ2) is 6.04. The molecule has 1 aliphatic heterocycles. The number of fused-ring (bicyclic) bond motifs is 1. The molecule has 1 amide bonds. The highest BCUT2D eigenvalue weighted by atomic mass is 32.2. The van der Waals surface area contributed by atoms with E-state index in [-0.39, 0.29) is 44.1 Å². The van der Waals surface area contributed by atoms with Gasteiger partial charge in [0.15, 0.2) is 0 Å². The van der Waals surface area contributed by atoms with Crippen LogP contribution < -0.4 is 0 Å². The molecule has 0 aromatic carbocycles. The van der Waals surface area contributed by atoms with Crippen molar-refractivity contribution in [2.24, 2.45) is 17.8 Å². The highest BCUT2D eigenvalue weighted by Crippen LogP contribution is 2.51. The molecule has 0 aromatic rings. The van der Waals surface area contributed by atoms with Crippen LogP contribution in [0.5, 0.6) is 0 Å². The highest BCUT2D eigenvalue weighted by molar-refractivity contribution is 7.93. The first-order valence-electron chi connectivity index (χ1n) is 8.38. The number of nitrogens with zero attached hydrogens (tertiary/aromatic N) is 1. The van der Waals surface area contributed by atoms with Gasteiger partial charge in [0.2, 0.25) is 15.7 Å². The maximum Gasteiger partial charge on any atom is 0.348 e. The second-order valence-electron chi connectivity index (χ2n) is 7.10. The van der Waals surface area contributed by atoms with Crippen LogP contribution in [-0.2, 0) is 14.6 Å². The molecular formula is C16H22F3NO3S. The zero-order valence-electron chi connectivity index (χ0n) is 13.6. The molecule has 136 valence electrons. The van der Waals surface area contributed by atoms with E-state index < -0.39 is 38.1 Å². The molecule has 3 aliphatic rings. The van der Waals surface area contributed by atoms with Gasteiger partial charge in [-0.3, -0.25) is 4.79 Å². The summed E-state index contributed by atoms with van der Waals surface area (Å²) in [4.78, 5) is 12.8. The quantitative estimate of drug-likeness (QED) is 0.773. The van der Waals surface area contributed by atoms with Crippen molar-refractivity contribution in [1.82, 2.24) is 4.90 Å².